The molecule has 0 saturated carbocycles. The highest BCUT2D eigenvalue weighted by atomic mass is 32.1. The van der Waals surface area contributed by atoms with Crippen LogP contribution in [0.3, 0.4) is 0 Å². The predicted molar refractivity (Wildman–Crippen MR) is 58.8 cm³/mol. The van der Waals surface area contributed by atoms with Gasteiger partial charge in [-0.1, -0.05) is 0 Å². The van der Waals surface area contributed by atoms with E-state index >= 15 is 0 Å². The number of aliphatic hydroxyl groups excluding tert-OH is 1. The van der Waals surface area contributed by atoms with Crippen LogP contribution in [0.4, 0.5) is 4.39 Å². The topological polar surface area (TPSA) is 42.4 Å². The molecule has 0 unspecified atom stereocenters. The largest absolute Gasteiger partial charge is 0.488 e. The zero-order chi connectivity index (χ0) is 11.4. The summed E-state index contributed by atoms with van der Waals surface area (Å²) in [4.78, 5) is 4.88. The quantitative estimate of drug-likeness (QED) is 0.890. The van der Waals surface area contributed by atoms with Gasteiger partial charge in [0, 0.05) is 12.3 Å². The fraction of sp³-hybridized carbons (Fsp3) is 0.182. The maximum Gasteiger partial charge on any atom is 0.127 e. The fourth-order valence-electron chi connectivity index (χ4n) is 1.26. The number of nitrogens with zero attached hydrogens (tertiary/aromatic N) is 1. The van der Waals surface area contributed by atoms with Gasteiger partial charge in [0.2, 0.25) is 0 Å². The number of halogens is 1. The first kappa shape index (κ1) is 11.0. The maximum absolute atomic E-state index is 13.1. The van der Waals surface area contributed by atoms with Gasteiger partial charge < -0.3 is 9.84 Å². The second-order valence-electron chi connectivity index (χ2n) is 3.21. The van der Waals surface area contributed by atoms with Gasteiger partial charge in [-0.25, -0.2) is 4.39 Å². The lowest BCUT2D eigenvalue weighted by Crippen LogP contribution is -1.95. The van der Waals surface area contributed by atoms with Crippen LogP contribution in [-0.4, -0.2) is 10.1 Å². The summed E-state index contributed by atoms with van der Waals surface area (Å²) in [5.41, 5.74) is 2.21. The molecule has 0 aliphatic rings. The number of hydrogen-bond donors (Lipinski definition) is 1. The van der Waals surface area contributed by atoms with E-state index in [1.165, 1.54) is 23.5 Å². The van der Waals surface area contributed by atoms with Gasteiger partial charge >= 0.3 is 0 Å². The van der Waals surface area contributed by atoms with E-state index in [2.05, 4.69) is 4.98 Å². The van der Waals surface area contributed by atoms with Crippen molar-refractivity contribution in [3.8, 4) is 5.75 Å². The first-order chi connectivity index (χ1) is 7.78. The fourth-order valence-corrected chi connectivity index (χ4v) is 1.77. The molecule has 0 amide bonds. The number of aliphatic hydroxyl groups is 1. The molecule has 0 bridgehead atoms. The average Bonchev–Trinajstić information content (AvgIpc) is 2.78. The third kappa shape index (κ3) is 2.77. The second kappa shape index (κ2) is 5.05. The molecule has 0 saturated heterocycles. The predicted octanol–water partition coefficient (Wildman–Crippen LogP) is 2.35. The monoisotopic (exact) mass is 239 g/mol. The van der Waals surface area contributed by atoms with Gasteiger partial charge in [0.1, 0.15) is 18.2 Å². The van der Waals surface area contributed by atoms with Crippen molar-refractivity contribution in [2.75, 3.05) is 0 Å². The average molecular weight is 239 g/mol. The molecule has 0 spiro atoms. The van der Waals surface area contributed by atoms with Crippen molar-refractivity contribution in [2.24, 2.45) is 0 Å². The molecule has 84 valence electrons. The van der Waals surface area contributed by atoms with Gasteiger partial charge in [0.25, 0.3) is 0 Å². The van der Waals surface area contributed by atoms with Crippen molar-refractivity contribution >= 4 is 11.3 Å². The Balaban J connectivity index is 2.06. The highest BCUT2D eigenvalue weighted by Crippen LogP contribution is 2.18. The zero-order valence-corrected chi connectivity index (χ0v) is 9.21. The van der Waals surface area contributed by atoms with Crippen molar-refractivity contribution in [3.63, 3.8) is 0 Å². The molecule has 5 heteroatoms. The van der Waals surface area contributed by atoms with Crippen LogP contribution in [0.25, 0.3) is 0 Å². The SMILES string of the molecule is OCc1cc(F)cc(OCc2cncs2)c1. The summed E-state index contributed by atoms with van der Waals surface area (Å²) < 4.78 is 18.5. The Morgan fingerprint density at radius 3 is 2.94 bits per heavy atom. The lowest BCUT2D eigenvalue weighted by Gasteiger charge is -2.06. The standard InChI is InChI=1S/C11H10FNO2S/c12-9-1-8(5-14)2-10(3-9)15-6-11-4-13-7-16-11/h1-4,7,14H,5-6H2. The number of aromatic nitrogens is 1. The Hall–Kier alpha value is -1.46. The Morgan fingerprint density at radius 2 is 2.25 bits per heavy atom. The molecule has 1 N–H and O–H groups in total. The molecule has 0 aliphatic carbocycles. The van der Waals surface area contributed by atoms with Crippen molar-refractivity contribution in [1.82, 2.24) is 4.98 Å². The first-order valence-corrected chi connectivity index (χ1v) is 5.56. The molecule has 3 nitrogen and oxygen atoms in total. The number of ether oxygens (including phenoxy) is 1. The molecular formula is C11H10FNO2S. The second-order valence-corrected chi connectivity index (χ2v) is 4.18. The number of thiazole rings is 1. The smallest absolute Gasteiger partial charge is 0.127 e. The van der Waals surface area contributed by atoms with Crippen molar-refractivity contribution in [1.29, 1.82) is 0 Å². The highest BCUT2D eigenvalue weighted by molar-refractivity contribution is 7.09. The van der Waals surface area contributed by atoms with E-state index in [9.17, 15) is 4.39 Å². The Bertz CT molecular complexity index is 459. The van der Waals surface area contributed by atoms with Crippen LogP contribution in [0.5, 0.6) is 5.75 Å². The molecule has 0 atom stereocenters. The van der Waals surface area contributed by atoms with E-state index in [4.69, 9.17) is 9.84 Å². The summed E-state index contributed by atoms with van der Waals surface area (Å²) in [5.74, 6) is 0.00306. The molecular weight excluding hydrogens is 229 g/mol. The van der Waals surface area contributed by atoms with Crippen molar-refractivity contribution in [2.45, 2.75) is 13.2 Å². The lowest BCUT2D eigenvalue weighted by atomic mass is 10.2. The Morgan fingerprint density at radius 1 is 1.38 bits per heavy atom. The molecule has 2 rings (SSSR count). The first-order valence-electron chi connectivity index (χ1n) is 4.68. The van der Waals surface area contributed by atoms with Crippen LogP contribution >= 0.6 is 11.3 Å². The normalized spacial score (nSPS) is 10.4. The molecule has 1 aromatic carbocycles. The molecule has 0 fully saturated rings. The van der Waals surface area contributed by atoms with Gasteiger partial charge in [0.05, 0.1) is 17.0 Å². The maximum atomic E-state index is 13.1. The van der Waals surface area contributed by atoms with E-state index in [0.29, 0.717) is 17.9 Å². The van der Waals surface area contributed by atoms with Gasteiger partial charge in [0.15, 0.2) is 0 Å². The summed E-state index contributed by atoms with van der Waals surface area (Å²) in [6.07, 6.45) is 1.71. The van der Waals surface area contributed by atoms with Crippen LogP contribution in [-0.2, 0) is 13.2 Å². The lowest BCUT2D eigenvalue weighted by molar-refractivity contribution is 0.277. The van der Waals surface area contributed by atoms with Gasteiger partial charge in [-0.05, 0) is 17.7 Å². The van der Waals surface area contributed by atoms with E-state index < -0.39 is 5.82 Å². The summed E-state index contributed by atoms with van der Waals surface area (Å²) in [6, 6.07) is 4.18. The summed E-state index contributed by atoms with van der Waals surface area (Å²) in [5, 5.41) is 8.91. The number of hydrogen-bond acceptors (Lipinski definition) is 4. The Labute approximate surface area is 96.2 Å². The summed E-state index contributed by atoms with van der Waals surface area (Å²) in [7, 11) is 0. The van der Waals surface area contributed by atoms with Gasteiger partial charge in [-0.2, -0.15) is 0 Å². The van der Waals surface area contributed by atoms with Crippen molar-refractivity contribution < 1.29 is 14.2 Å². The molecule has 2 aromatic rings. The minimum Gasteiger partial charge on any atom is -0.488 e. The minimum absolute atomic E-state index is 0.200. The van der Waals surface area contributed by atoms with Gasteiger partial charge in [-0.3, -0.25) is 4.98 Å². The molecule has 16 heavy (non-hydrogen) atoms. The summed E-state index contributed by atoms with van der Waals surface area (Å²) >= 11 is 1.48. The van der Waals surface area contributed by atoms with Crippen LogP contribution in [0, 0.1) is 5.82 Å². The third-order valence-electron chi connectivity index (χ3n) is 1.98. The van der Waals surface area contributed by atoms with Crippen molar-refractivity contribution in [3.05, 3.63) is 46.2 Å². The number of benzene rings is 1. The van der Waals surface area contributed by atoms with E-state index in [0.717, 1.165) is 4.88 Å². The van der Waals surface area contributed by atoms with Gasteiger partial charge in [-0.15, -0.1) is 11.3 Å². The van der Waals surface area contributed by atoms with Crippen LogP contribution in [0.15, 0.2) is 29.9 Å². The van der Waals surface area contributed by atoms with Crippen LogP contribution < -0.4 is 4.74 Å². The number of rotatable bonds is 4. The minimum atomic E-state index is -0.411. The molecule has 1 heterocycles. The molecule has 1 aromatic heterocycles. The van der Waals surface area contributed by atoms with Crippen LogP contribution in [0.1, 0.15) is 10.4 Å². The van der Waals surface area contributed by atoms with E-state index in [1.54, 1.807) is 17.8 Å². The zero-order valence-electron chi connectivity index (χ0n) is 8.39. The summed E-state index contributed by atoms with van der Waals surface area (Å²) in [6.45, 7) is 0.160. The Kier molecular flexibility index (Phi) is 3.48. The molecule has 0 radical (unpaired) electrons. The van der Waals surface area contributed by atoms with Crippen LogP contribution in [0.2, 0.25) is 0 Å². The third-order valence-corrected chi connectivity index (χ3v) is 2.73. The highest BCUT2D eigenvalue weighted by Gasteiger charge is 2.02. The van der Waals surface area contributed by atoms with E-state index in [1.807, 2.05) is 0 Å². The van der Waals surface area contributed by atoms with E-state index in [-0.39, 0.29) is 6.61 Å². The molecule has 0 aliphatic heterocycles.